The smallest absolute Gasteiger partial charge is 0.306 e. The van der Waals surface area contributed by atoms with Crippen molar-refractivity contribution in [2.45, 2.75) is 77.3 Å². The minimum absolute atomic E-state index is 0.0714. The van der Waals surface area contributed by atoms with E-state index in [2.05, 4.69) is 10.6 Å². The van der Waals surface area contributed by atoms with Gasteiger partial charge in [-0.1, -0.05) is 19.3 Å². The Hall–Kier alpha value is -1.59. The number of nitrogens with one attached hydrogen (secondary N) is 2. The van der Waals surface area contributed by atoms with E-state index >= 15 is 0 Å². The molecule has 0 unspecified atom stereocenters. The Balaban J connectivity index is 2.07. The van der Waals surface area contributed by atoms with Crippen LogP contribution in [0, 0.1) is 0 Å². The molecule has 22 heavy (non-hydrogen) atoms. The quantitative estimate of drug-likeness (QED) is 0.668. The van der Waals surface area contributed by atoms with Gasteiger partial charge >= 0.3 is 5.97 Å². The summed E-state index contributed by atoms with van der Waals surface area (Å²) in [5.74, 6) is -0.744. The van der Waals surface area contributed by atoms with Gasteiger partial charge in [0.25, 0.3) is 5.91 Å². The summed E-state index contributed by atoms with van der Waals surface area (Å²) in [6, 6.07) is 0.322. The first-order chi connectivity index (χ1) is 10.5. The molecular formula is C16H28N2O4. The molecule has 0 aromatic heterocycles. The monoisotopic (exact) mass is 312 g/mol. The molecular weight excluding hydrogens is 284 g/mol. The predicted molar refractivity (Wildman–Crippen MR) is 83.1 cm³/mol. The maximum Gasteiger partial charge on any atom is 0.306 e. The number of rotatable bonds is 8. The lowest BCUT2D eigenvalue weighted by molar-refractivity contribution is -0.149. The molecule has 1 rings (SSSR count). The Morgan fingerprint density at radius 1 is 1.05 bits per heavy atom. The summed E-state index contributed by atoms with van der Waals surface area (Å²) in [5.41, 5.74) is 0. The molecule has 0 aliphatic heterocycles. The lowest BCUT2D eigenvalue weighted by Gasteiger charge is -2.22. The van der Waals surface area contributed by atoms with Gasteiger partial charge < -0.3 is 15.4 Å². The lowest BCUT2D eigenvalue weighted by Crippen LogP contribution is -2.38. The van der Waals surface area contributed by atoms with Crippen molar-refractivity contribution in [2.24, 2.45) is 0 Å². The molecule has 0 spiro atoms. The third kappa shape index (κ3) is 8.64. The number of hydrogen-bond acceptors (Lipinski definition) is 4. The van der Waals surface area contributed by atoms with E-state index in [1.54, 1.807) is 0 Å². The fourth-order valence-electron chi connectivity index (χ4n) is 2.52. The third-order valence-electron chi connectivity index (χ3n) is 3.57. The van der Waals surface area contributed by atoms with Gasteiger partial charge in [0.15, 0.2) is 6.61 Å². The van der Waals surface area contributed by atoms with Crippen molar-refractivity contribution in [2.75, 3.05) is 6.61 Å². The van der Waals surface area contributed by atoms with E-state index in [1.807, 2.05) is 13.8 Å². The highest BCUT2D eigenvalue weighted by atomic mass is 16.5. The van der Waals surface area contributed by atoms with Crippen molar-refractivity contribution in [3.05, 3.63) is 0 Å². The van der Waals surface area contributed by atoms with Crippen molar-refractivity contribution in [1.29, 1.82) is 0 Å². The Bertz CT molecular complexity index is 376. The summed E-state index contributed by atoms with van der Waals surface area (Å²) in [7, 11) is 0. The molecule has 0 saturated heterocycles. The minimum atomic E-state index is -0.434. The van der Waals surface area contributed by atoms with E-state index in [9.17, 15) is 14.4 Å². The van der Waals surface area contributed by atoms with Crippen LogP contribution in [-0.2, 0) is 19.1 Å². The third-order valence-corrected chi connectivity index (χ3v) is 3.57. The second kappa shape index (κ2) is 10.2. The van der Waals surface area contributed by atoms with E-state index in [0.29, 0.717) is 12.8 Å². The summed E-state index contributed by atoms with van der Waals surface area (Å²) < 4.78 is 4.93. The van der Waals surface area contributed by atoms with Gasteiger partial charge in [0, 0.05) is 24.9 Å². The van der Waals surface area contributed by atoms with Crippen LogP contribution in [0.15, 0.2) is 0 Å². The van der Waals surface area contributed by atoms with E-state index in [1.165, 1.54) is 6.42 Å². The second-order valence-corrected chi connectivity index (χ2v) is 6.14. The van der Waals surface area contributed by atoms with Crippen LogP contribution in [0.3, 0.4) is 0 Å². The van der Waals surface area contributed by atoms with Gasteiger partial charge in [-0.15, -0.1) is 0 Å². The average Bonchev–Trinajstić information content (AvgIpc) is 2.45. The van der Waals surface area contributed by atoms with Crippen LogP contribution in [0.1, 0.15) is 65.2 Å². The molecule has 1 fully saturated rings. The summed E-state index contributed by atoms with van der Waals surface area (Å²) in [4.78, 5) is 34.6. The van der Waals surface area contributed by atoms with Crippen LogP contribution in [0.4, 0.5) is 0 Å². The second-order valence-electron chi connectivity index (χ2n) is 6.14. The summed E-state index contributed by atoms with van der Waals surface area (Å²) in [6.45, 7) is 3.54. The first-order valence-corrected chi connectivity index (χ1v) is 8.21. The predicted octanol–water partition coefficient (Wildman–Crippen LogP) is 1.67. The Morgan fingerprint density at radius 3 is 2.36 bits per heavy atom. The van der Waals surface area contributed by atoms with Crippen molar-refractivity contribution >= 4 is 17.8 Å². The molecule has 0 heterocycles. The average molecular weight is 312 g/mol. The van der Waals surface area contributed by atoms with E-state index in [-0.39, 0.29) is 36.9 Å². The molecule has 1 saturated carbocycles. The molecule has 1 aliphatic rings. The summed E-state index contributed by atoms with van der Waals surface area (Å²) >= 11 is 0. The highest BCUT2D eigenvalue weighted by Gasteiger charge is 2.16. The highest BCUT2D eigenvalue weighted by molar-refractivity contribution is 5.81. The molecule has 0 bridgehead atoms. The summed E-state index contributed by atoms with van der Waals surface area (Å²) in [5, 5.41) is 5.65. The molecule has 2 amide bonds. The van der Waals surface area contributed by atoms with Crippen molar-refractivity contribution in [3.8, 4) is 0 Å². The topological polar surface area (TPSA) is 84.5 Å². The Labute approximate surface area is 132 Å². The molecule has 0 aromatic rings. The van der Waals surface area contributed by atoms with Crippen LogP contribution in [0.5, 0.6) is 0 Å². The Morgan fingerprint density at radius 2 is 1.73 bits per heavy atom. The first-order valence-electron chi connectivity index (χ1n) is 8.21. The van der Waals surface area contributed by atoms with Gasteiger partial charge in [-0.3, -0.25) is 14.4 Å². The van der Waals surface area contributed by atoms with Crippen LogP contribution in [0.2, 0.25) is 0 Å². The number of ether oxygens (including phenoxy) is 1. The van der Waals surface area contributed by atoms with Gasteiger partial charge in [0.1, 0.15) is 0 Å². The van der Waals surface area contributed by atoms with Crippen molar-refractivity contribution < 1.29 is 19.1 Å². The van der Waals surface area contributed by atoms with Crippen LogP contribution < -0.4 is 10.6 Å². The number of carbonyl (C=O) groups excluding carboxylic acids is 3. The standard InChI is InChI=1S/C16H28N2O4/c1-12(2)17-14(19)9-6-10-16(21)22-11-15(20)18-13-7-4-3-5-8-13/h12-13H,3-11H2,1-2H3,(H,17,19)(H,18,20). The largest absolute Gasteiger partial charge is 0.456 e. The normalized spacial score (nSPS) is 15.4. The zero-order valence-corrected chi connectivity index (χ0v) is 13.7. The van der Waals surface area contributed by atoms with Gasteiger partial charge in [-0.25, -0.2) is 0 Å². The van der Waals surface area contributed by atoms with Gasteiger partial charge in [0.2, 0.25) is 5.91 Å². The zero-order valence-electron chi connectivity index (χ0n) is 13.7. The van der Waals surface area contributed by atoms with Crippen LogP contribution in [0.25, 0.3) is 0 Å². The van der Waals surface area contributed by atoms with Gasteiger partial charge in [0.05, 0.1) is 0 Å². The molecule has 0 atom stereocenters. The van der Waals surface area contributed by atoms with Crippen LogP contribution in [-0.4, -0.2) is 36.5 Å². The molecule has 0 radical (unpaired) electrons. The maximum absolute atomic E-state index is 11.7. The molecule has 1 aliphatic carbocycles. The number of carbonyl (C=O) groups is 3. The molecule has 0 aromatic carbocycles. The fourth-order valence-corrected chi connectivity index (χ4v) is 2.52. The van der Waals surface area contributed by atoms with E-state index in [4.69, 9.17) is 4.74 Å². The number of esters is 1. The van der Waals surface area contributed by atoms with Gasteiger partial charge in [-0.05, 0) is 33.1 Å². The van der Waals surface area contributed by atoms with Crippen LogP contribution >= 0.6 is 0 Å². The number of hydrogen-bond donors (Lipinski definition) is 2. The molecule has 126 valence electrons. The molecule has 6 heteroatoms. The van der Waals surface area contributed by atoms with Gasteiger partial charge in [-0.2, -0.15) is 0 Å². The first kappa shape index (κ1) is 18.5. The minimum Gasteiger partial charge on any atom is -0.456 e. The zero-order chi connectivity index (χ0) is 16.4. The summed E-state index contributed by atoms with van der Waals surface area (Å²) in [6.07, 6.45) is 6.40. The SMILES string of the molecule is CC(C)NC(=O)CCCC(=O)OCC(=O)NC1CCCCC1. The highest BCUT2D eigenvalue weighted by Crippen LogP contribution is 2.17. The fraction of sp³-hybridized carbons (Fsp3) is 0.812. The number of amides is 2. The van der Waals surface area contributed by atoms with Crippen molar-refractivity contribution in [1.82, 2.24) is 10.6 Å². The molecule has 6 nitrogen and oxygen atoms in total. The lowest BCUT2D eigenvalue weighted by atomic mass is 9.95. The van der Waals surface area contributed by atoms with E-state index in [0.717, 1.165) is 25.7 Å². The maximum atomic E-state index is 11.7. The molecule has 2 N–H and O–H groups in total. The Kier molecular flexibility index (Phi) is 8.55. The van der Waals surface area contributed by atoms with E-state index < -0.39 is 5.97 Å². The van der Waals surface area contributed by atoms with Crippen molar-refractivity contribution in [3.63, 3.8) is 0 Å².